The molecule has 0 aromatic heterocycles. The van der Waals surface area contributed by atoms with E-state index in [4.69, 9.17) is 5.73 Å². The first-order valence-corrected chi connectivity index (χ1v) is 6.90. The zero-order valence-electron chi connectivity index (χ0n) is 11.3. The molecular weight excluding hydrogens is 246 g/mol. The van der Waals surface area contributed by atoms with Gasteiger partial charge in [0.25, 0.3) is 0 Å². The summed E-state index contributed by atoms with van der Waals surface area (Å²) in [5, 5.41) is 0. The molecule has 1 aliphatic carbocycles. The predicted molar refractivity (Wildman–Crippen MR) is 82.1 cm³/mol. The molecule has 0 bridgehead atoms. The largest absolute Gasteiger partial charge is 0.321 e. The van der Waals surface area contributed by atoms with Crippen LogP contribution in [0.1, 0.15) is 23.1 Å². The number of hydrogen-bond donors (Lipinski definition) is 1. The number of hydrogen-bond acceptors (Lipinski definition) is 2. The van der Waals surface area contributed by atoms with Gasteiger partial charge in [0.2, 0.25) is 0 Å². The molecule has 0 amide bonds. The smallest absolute Gasteiger partial charge is 0.180 e. The van der Waals surface area contributed by atoms with Crippen molar-refractivity contribution in [2.75, 3.05) is 0 Å². The third-order valence-electron chi connectivity index (χ3n) is 3.75. The van der Waals surface area contributed by atoms with Crippen LogP contribution in [0.15, 0.2) is 54.6 Å². The first-order chi connectivity index (χ1) is 9.75. The number of benzene rings is 2. The molecule has 0 heterocycles. The molecule has 0 aliphatic heterocycles. The van der Waals surface area contributed by atoms with Crippen LogP contribution in [0, 0.1) is 0 Å². The fraction of sp³-hybridized carbons (Fsp3) is 0.167. The molecule has 1 unspecified atom stereocenters. The summed E-state index contributed by atoms with van der Waals surface area (Å²) in [5.74, 6) is 0.0406. The van der Waals surface area contributed by atoms with Gasteiger partial charge in [-0.15, -0.1) is 0 Å². The fourth-order valence-electron chi connectivity index (χ4n) is 2.64. The van der Waals surface area contributed by atoms with Crippen molar-refractivity contribution in [3.63, 3.8) is 0 Å². The Kier molecular flexibility index (Phi) is 3.48. The van der Waals surface area contributed by atoms with E-state index in [1.54, 1.807) is 0 Å². The van der Waals surface area contributed by atoms with Crippen LogP contribution < -0.4 is 5.73 Å². The second-order valence-corrected chi connectivity index (χ2v) is 5.14. The highest BCUT2D eigenvalue weighted by Gasteiger charge is 2.25. The number of aryl methyl sites for hydroxylation is 1. The van der Waals surface area contributed by atoms with Gasteiger partial charge >= 0.3 is 0 Å². The average molecular weight is 263 g/mol. The quantitative estimate of drug-likeness (QED) is 0.634. The van der Waals surface area contributed by atoms with E-state index in [1.807, 2.05) is 54.6 Å². The molecule has 1 aliphatic rings. The summed E-state index contributed by atoms with van der Waals surface area (Å²) in [5.41, 5.74) is 10.00. The summed E-state index contributed by atoms with van der Waals surface area (Å²) in [6.07, 6.45) is 3.52. The minimum absolute atomic E-state index is 0.0406. The van der Waals surface area contributed by atoms with Gasteiger partial charge in [0.05, 0.1) is 6.04 Å². The lowest BCUT2D eigenvalue weighted by Crippen LogP contribution is -2.30. The SMILES string of the molecule is NC1CCc2ccccc2/C(=C\c2ccccc2)C1=O. The van der Waals surface area contributed by atoms with Crippen LogP contribution in [-0.4, -0.2) is 11.8 Å². The Morgan fingerprint density at radius 2 is 1.70 bits per heavy atom. The molecule has 0 radical (unpaired) electrons. The molecule has 20 heavy (non-hydrogen) atoms. The minimum Gasteiger partial charge on any atom is -0.321 e. The van der Waals surface area contributed by atoms with Crippen molar-refractivity contribution in [2.24, 2.45) is 5.73 Å². The lowest BCUT2D eigenvalue weighted by molar-refractivity contribution is -0.114. The molecule has 0 fully saturated rings. The van der Waals surface area contributed by atoms with Gasteiger partial charge in [-0.25, -0.2) is 0 Å². The van der Waals surface area contributed by atoms with E-state index in [0.717, 1.165) is 23.1 Å². The van der Waals surface area contributed by atoms with Gasteiger partial charge in [-0.1, -0.05) is 54.6 Å². The monoisotopic (exact) mass is 263 g/mol. The molecule has 0 saturated heterocycles. The highest BCUT2D eigenvalue weighted by molar-refractivity contribution is 6.28. The van der Waals surface area contributed by atoms with Crippen LogP contribution in [0.3, 0.4) is 0 Å². The van der Waals surface area contributed by atoms with E-state index in [0.29, 0.717) is 6.42 Å². The lowest BCUT2D eigenvalue weighted by atomic mass is 9.95. The van der Waals surface area contributed by atoms with Crippen LogP contribution in [0.5, 0.6) is 0 Å². The summed E-state index contributed by atoms with van der Waals surface area (Å²) < 4.78 is 0. The van der Waals surface area contributed by atoms with E-state index in [1.165, 1.54) is 5.56 Å². The number of rotatable bonds is 1. The van der Waals surface area contributed by atoms with E-state index in [2.05, 4.69) is 6.07 Å². The Morgan fingerprint density at radius 1 is 1.00 bits per heavy atom. The molecule has 100 valence electrons. The fourth-order valence-corrected chi connectivity index (χ4v) is 2.64. The standard InChI is InChI=1S/C18H17NO/c19-17-11-10-14-8-4-5-9-15(14)16(18(17)20)12-13-6-2-1-3-7-13/h1-9,12,17H,10-11,19H2/b16-12+. The summed E-state index contributed by atoms with van der Waals surface area (Å²) in [6, 6.07) is 17.6. The topological polar surface area (TPSA) is 43.1 Å². The minimum atomic E-state index is -0.405. The van der Waals surface area contributed by atoms with E-state index < -0.39 is 6.04 Å². The van der Waals surface area contributed by atoms with Gasteiger partial charge in [0.1, 0.15) is 0 Å². The van der Waals surface area contributed by atoms with Crippen molar-refractivity contribution in [3.05, 3.63) is 71.3 Å². The van der Waals surface area contributed by atoms with Crippen molar-refractivity contribution >= 4 is 17.4 Å². The number of fused-ring (bicyclic) bond motifs is 1. The van der Waals surface area contributed by atoms with Gasteiger partial charge < -0.3 is 5.73 Å². The number of Topliss-reactive ketones (excluding diaryl/α,β-unsaturated/α-hetero) is 1. The Morgan fingerprint density at radius 3 is 2.50 bits per heavy atom. The zero-order chi connectivity index (χ0) is 13.9. The molecule has 2 N–H and O–H groups in total. The maximum Gasteiger partial charge on any atom is 0.180 e. The first kappa shape index (κ1) is 12.8. The van der Waals surface area contributed by atoms with Gasteiger partial charge in [0.15, 0.2) is 5.78 Å². The summed E-state index contributed by atoms with van der Waals surface area (Å²) in [6.45, 7) is 0. The molecule has 2 heteroatoms. The van der Waals surface area contributed by atoms with Crippen LogP contribution in [0.2, 0.25) is 0 Å². The number of carbonyl (C=O) groups is 1. The first-order valence-electron chi connectivity index (χ1n) is 6.90. The van der Waals surface area contributed by atoms with Crippen molar-refractivity contribution in [1.82, 2.24) is 0 Å². The molecule has 1 atom stereocenters. The molecular formula is C18H17NO. The number of ketones is 1. The maximum absolute atomic E-state index is 12.5. The Balaban J connectivity index is 2.15. The van der Waals surface area contributed by atoms with E-state index in [-0.39, 0.29) is 5.78 Å². The van der Waals surface area contributed by atoms with Crippen molar-refractivity contribution < 1.29 is 4.79 Å². The van der Waals surface area contributed by atoms with Crippen molar-refractivity contribution in [1.29, 1.82) is 0 Å². The van der Waals surface area contributed by atoms with E-state index in [9.17, 15) is 4.79 Å². The van der Waals surface area contributed by atoms with Crippen molar-refractivity contribution in [2.45, 2.75) is 18.9 Å². The Labute approximate surface area is 118 Å². The van der Waals surface area contributed by atoms with Crippen LogP contribution in [-0.2, 0) is 11.2 Å². The second-order valence-electron chi connectivity index (χ2n) is 5.14. The summed E-state index contributed by atoms with van der Waals surface area (Å²) in [4.78, 5) is 12.5. The molecule has 0 saturated carbocycles. The average Bonchev–Trinajstić information content (AvgIpc) is 2.61. The summed E-state index contributed by atoms with van der Waals surface area (Å²) >= 11 is 0. The number of nitrogens with two attached hydrogens (primary N) is 1. The van der Waals surface area contributed by atoms with E-state index >= 15 is 0 Å². The van der Waals surface area contributed by atoms with Gasteiger partial charge in [-0.3, -0.25) is 4.79 Å². The van der Waals surface area contributed by atoms with Crippen LogP contribution >= 0.6 is 0 Å². The normalized spacial score (nSPS) is 20.6. The molecule has 2 nitrogen and oxygen atoms in total. The van der Waals surface area contributed by atoms with Gasteiger partial charge in [-0.2, -0.15) is 0 Å². The van der Waals surface area contributed by atoms with Gasteiger partial charge in [0, 0.05) is 5.57 Å². The molecule has 2 aromatic carbocycles. The van der Waals surface area contributed by atoms with Crippen molar-refractivity contribution in [3.8, 4) is 0 Å². The molecule has 3 rings (SSSR count). The highest BCUT2D eigenvalue weighted by atomic mass is 16.1. The van der Waals surface area contributed by atoms with Crippen LogP contribution in [0.25, 0.3) is 11.6 Å². The highest BCUT2D eigenvalue weighted by Crippen LogP contribution is 2.28. The third kappa shape index (κ3) is 2.43. The Hall–Kier alpha value is -2.19. The predicted octanol–water partition coefficient (Wildman–Crippen LogP) is 3.07. The molecule has 2 aromatic rings. The molecule has 0 spiro atoms. The second kappa shape index (κ2) is 5.43. The Bertz CT molecular complexity index is 658. The third-order valence-corrected chi connectivity index (χ3v) is 3.75. The lowest BCUT2D eigenvalue weighted by Gasteiger charge is -2.10. The maximum atomic E-state index is 12.5. The van der Waals surface area contributed by atoms with Gasteiger partial charge in [-0.05, 0) is 35.6 Å². The summed E-state index contributed by atoms with van der Waals surface area (Å²) in [7, 11) is 0. The van der Waals surface area contributed by atoms with Crippen LogP contribution in [0.4, 0.5) is 0 Å². The number of carbonyl (C=O) groups excluding carboxylic acids is 1. The zero-order valence-corrected chi connectivity index (χ0v) is 11.3.